The number of hydrogen-bond donors (Lipinski definition) is 2. The number of carbonyl (C=O) groups excluding carboxylic acids is 1. The van der Waals surface area contributed by atoms with Crippen LogP contribution in [0, 0.1) is 0 Å². The molecule has 0 radical (unpaired) electrons. The Hall–Kier alpha value is -0.860. The van der Waals surface area contributed by atoms with Gasteiger partial charge >= 0.3 is 6.18 Å². The lowest BCUT2D eigenvalue weighted by Gasteiger charge is -2.26. The molecule has 0 spiro atoms. The van der Waals surface area contributed by atoms with Crippen molar-refractivity contribution in [3.8, 4) is 0 Å². The Labute approximate surface area is 90.9 Å². The molecule has 0 bridgehead atoms. The monoisotopic (exact) mass is 241 g/mol. The molecule has 0 atom stereocenters. The molecule has 1 aliphatic rings. The van der Waals surface area contributed by atoms with Gasteiger partial charge in [-0.15, -0.1) is 0 Å². The van der Waals surface area contributed by atoms with Crippen LogP contribution in [0.5, 0.6) is 0 Å². The van der Waals surface area contributed by atoms with Gasteiger partial charge in [0.15, 0.2) is 0 Å². The molecule has 0 unspecified atom stereocenters. The number of nitrogens with one attached hydrogen (secondary N) is 2. The maximum absolute atomic E-state index is 11.7. The third kappa shape index (κ3) is 5.89. The topological polar surface area (TPSA) is 53.6 Å². The number of nitrogens with zero attached hydrogens (tertiary/aromatic N) is 1. The molecule has 94 valence electrons. The van der Waals surface area contributed by atoms with Gasteiger partial charge in [0.2, 0.25) is 5.91 Å². The summed E-state index contributed by atoms with van der Waals surface area (Å²) in [6.07, 6.45) is -4.29. The van der Waals surface area contributed by atoms with Crippen molar-refractivity contribution in [3.63, 3.8) is 0 Å². The summed E-state index contributed by atoms with van der Waals surface area (Å²) < 4.78 is 40.3. The summed E-state index contributed by atoms with van der Waals surface area (Å²) in [5.74, 6) is -0.480. The van der Waals surface area contributed by atoms with Crippen molar-refractivity contribution in [1.82, 2.24) is 15.8 Å². The molecule has 1 heterocycles. The highest BCUT2D eigenvalue weighted by Crippen LogP contribution is 2.11. The summed E-state index contributed by atoms with van der Waals surface area (Å²) in [5, 5.41) is 3.65. The van der Waals surface area contributed by atoms with Gasteiger partial charge in [-0.05, 0) is 0 Å². The summed E-state index contributed by atoms with van der Waals surface area (Å²) in [5.41, 5.74) is 2.49. The van der Waals surface area contributed by atoms with Crippen LogP contribution in [0.25, 0.3) is 0 Å². The van der Waals surface area contributed by atoms with Crippen molar-refractivity contribution in [1.29, 1.82) is 0 Å². The minimum absolute atomic E-state index is 0.350. The number of carbonyl (C=O) groups is 1. The van der Waals surface area contributed by atoms with E-state index in [1.165, 1.54) is 0 Å². The molecule has 1 fully saturated rings. The van der Waals surface area contributed by atoms with Gasteiger partial charge in [-0.3, -0.25) is 10.2 Å². The molecule has 1 amide bonds. The summed E-state index contributed by atoms with van der Waals surface area (Å²) >= 11 is 0. The lowest BCUT2D eigenvalue weighted by atomic mass is 10.5. The van der Waals surface area contributed by atoms with Gasteiger partial charge in [0.25, 0.3) is 0 Å². The van der Waals surface area contributed by atoms with Crippen LogP contribution >= 0.6 is 0 Å². The van der Waals surface area contributed by atoms with Crippen molar-refractivity contribution < 1.29 is 22.7 Å². The van der Waals surface area contributed by atoms with Gasteiger partial charge in [0.1, 0.15) is 0 Å². The third-order valence-corrected chi connectivity index (χ3v) is 1.90. The number of ether oxygens (including phenoxy) is 1. The predicted molar refractivity (Wildman–Crippen MR) is 49.5 cm³/mol. The molecule has 0 aromatic heterocycles. The Morgan fingerprint density at radius 1 is 1.31 bits per heavy atom. The number of hydrogen-bond acceptors (Lipinski definition) is 4. The molecule has 16 heavy (non-hydrogen) atoms. The quantitative estimate of drug-likeness (QED) is 0.697. The first-order valence-corrected chi connectivity index (χ1v) is 4.87. The van der Waals surface area contributed by atoms with Crippen LogP contribution in [0.15, 0.2) is 0 Å². The van der Waals surface area contributed by atoms with E-state index in [0.29, 0.717) is 26.3 Å². The highest BCUT2D eigenvalue weighted by Gasteiger charge is 2.26. The van der Waals surface area contributed by atoms with Gasteiger partial charge in [-0.25, -0.2) is 5.01 Å². The minimum Gasteiger partial charge on any atom is -0.379 e. The van der Waals surface area contributed by atoms with Gasteiger partial charge < -0.3 is 10.1 Å². The van der Waals surface area contributed by atoms with Crippen molar-refractivity contribution >= 4 is 5.91 Å². The number of hydrazine groups is 1. The van der Waals surface area contributed by atoms with E-state index in [0.717, 1.165) is 0 Å². The molecule has 1 rings (SSSR count). The zero-order valence-corrected chi connectivity index (χ0v) is 8.64. The van der Waals surface area contributed by atoms with Crippen LogP contribution in [-0.2, 0) is 9.53 Å². The Morgan fingerprint density at radius 3 is 2.50 bits per heavy atom. The third-order valence-electron chi connectivity index (χ3n) is 1.90. The SMILES string of the molecule is O=C(CNCC(F)(F)F)NN1CCOCC1. The summed E-state index contributed by atoms with van der Waals surface area (Å²) in [7, 11) is 0. The van der Waals surface area contributed by atoms with Crippen LogP contribution < -0.4 is 10.7 Å². The molecular formula is C8H14F3N3O2. The first-order valence-electron chi connectivity index (χ1n) is 4.87. The van der Waals surface area contributed by atoms with Crippen LogP contribution in [-0.4, -0.2) is 56.5 Å². The van der Waals surface area contributed by atoms with Crippen LogP contribution in [0.4, 0.5) is 13.2 Å². The fourth-order valence-electron chi connectivity index (χ4n) is 1.21. The van der Waals surface area contributed by atoms with E-state index in [1.807, 2.05) is 5.32 Å². The second-order valence-electron chi connectivity index (χ2n) is 3.35. The van der Waals surface area contributed by atoms with E-state index >= 15 is 0 Å². The molecule has 0 aliphatic carbocycles. The molecule has 2 N–H and O–H groups in total. The number of rotatable bonds is 4. The van der Waals surface area contributed by atoms with E-state index < -0.39 is 18.6 Å². The van der Waals surface area contributed by atoms with Crippen molar-refractivity contribution in [2.75, 3.05) is 39.4 Å². The average molecular weight is 241 g/mol. The first kappa shape index (κ1) is 13.2. The summed E-state index contributed by atoms with van der Waals surface area (Å²) in [6.45, 7) is 0.600. The maximum Gasteiger partial charge on any atom is 0.401 e. The fraction of sp³-hybridized carbons (Fsp3) is 0.875. The van der Waals surface area contributed by atoms with Crippen molar-refractivity contribution in [2.45, 2.75) is 6.18 Å². The van der Waals surface area contributed by atoms with Gasteiger partial charge in [-0.2, -0.15) is 13.2 Å². The van der Waals surface area contributed by atoms with E-state index in [1.54, 1.807) is 5.01 Å². The standard InChI is InChI=1S/C8H14F3N3O2/c9-8(10,11)6-12-5-7(15)13-14-1-3-16-4-2-14/h12H,1-6H2,(H,13,15). The second-order valence-corrected chi connectivity index (χ2v) is 3.35. The van der Waals surface area contributed by atoms with E-state index in [-0.39, 0.29) is 6.54 Å². The Balaban J connectivity index is 2.10. The molecule has 0 aromatic rings. The van der Waals surface area contributed by atoms with E-state index in [2.05, 4.69) is 5.43 Å². The smallest absolute Gasteiger partial charge is 0.379 e. The summed E-state index contributed by atoms with van der Waals surface area (Å²) in [4.78, 5) is 11.2. The predicted octanol–water partition coefficient (Wildman–Crippen LogP) is -0.498. The molecule has 1 aliphatic heterocycles. The van der Waals surface area contributed by atoms with Crippen LogP contribution in [0.3, 0.4) is 0 Å². The highest BCUT2D eigenvalue weighted by molar-refractivity contribution is 5.77. The molecule has 5 nitrogen and oxygen atoms in total. The normalized spacial score (nSPS) is 18.4. The zero-order chi connectivity index (χ0) is 12.0. The average Bonchev–Trinajstić information content (AvgIpc) is 2.17. The second kappa shape index (κ2) is 6.02. The Morgan fingerprint density at radius 2 is 1.94 bits per heavy atom. The fourth-order valence-corrected chi connectivity index (χ4v) is 1.21. The van der Waals surface area contributed by atoms with Gasteiger partial charge in [0.05, 0.1) is 26.3 Å². The molecule has 1 saturated heterocycles. The van der Waals surface area contributed by atoms with Gasteiger partial charge in [-0.1, -0.05) is 0 Å². The number of halogens is 3. The number of amides is 1. The largest absolute Gasteiger partial charge is 0.401 e. The van der Waals surface area contributed by atoms with Crippen molar-refractivity contribution in [2.24, 2.45) is 0 Å². The molecule has 8 heteroatoms. The lowest BCUT2D eigenvalue weighted by molar-refractivity contribution is -0.131. The van der Waals surface area contributed by atoms with E-state index in [4.69, 9.17) is 4.74 Å². The van der Waals surface area contributed by atoms with Crippen molar-refractivity contribution in [3.05, 3.63) is 0 Å². The zero-order valence-electron chi connectivity index (χ0n) is 8.64. The lowest BCUT2D eigenvalue weighted by Crippen LogP contribution is -2.51. The summed E-state index contributed by atoms with van der Waals surface area (Å²) in [6, 6.07) is 0. The maximum atomic E-state index is 11.7. The molecule has 0 aromatic carbocycles. The minimum atomic E-state index is -4.29. The number of morpholine rings is 1. The highest BCUT2D eigenvalue weighted by atomic mass is 19.4. The van der Waals surface area contributed by atoms with E-state index in [9.17, 15) is 18.0 Å². The molecular weight excluding hydrogens is 227 g/mol. The Bertz CT molecular complexity index is 229. The van der Waals surface area contributed by atoms with Crippen LogP contribution in [0.1, 0.15) is 0 Å². The first-order chi connectivity index (χ1) is 7.47. The van der Waals surface area contributed by atoms with Crippen LogP contribution in [0.2, 0.25) is 0 Å². The molecule has 0 saturated carbocycles. The number of alkyl halides is 3. The Kier molecular flexibility index (Phi) is 4.97. The van der Waals surface area contributed by atoms with Gasteiger partial charge in [0, 0.05) is 13.1 Å².